The van der Waals surface area contributed by atoms with Crippen molar-refractivity contribution in [2.45, 2.75) is 13.5 Å². The molecule has 17 heavy (non-hydrogen) atoms. The fourth-order valence-electron chi connectivity index (χ4n) is 1.07. The molecule has 0 aliphatic carbocycles. The number of nitrogens with one attached hydrogen (secondary N) is 1. The third-order valence-electron chi connectivity index (χ3n) is 1.92. The maximum absolute atomic E-state index is 11.1. The van der Waals surface area contributed by atoms with Gasteiger partial charge in [0.2, 0.25) is 5.91 Å². The number of phosphoric ester groups is 1. The molecule has 0 aromatic heterocycles. The van der Waals surface area contributed by atoms with E-state index >= 15 is 0 Å². The van der Waals surface area contributed by atoms with E-state index in [4.69, 9.17) is 9.42 Å². The first-order valence-electron chi connectivity index (χ1n) is 4.84. The van der Waals surface area contributed by atoms with Crippen molar-refractivity contribution in [3.05, 3.63) is 29.8 Å². The molecule has 1 aromatic rings. The monoisotopic (exact) mass is 259 g/mol. The number of rotatable bonds is 5. The predicted molar refractivity (Wildman–Crippen MR) is 61.4 cm³/mol. The van der Waals surface area contributed by atoms with E-state index in [1.54, 1.807) is 12.1 Å². The van der Waals surface area contributed by atoms with Crippen LogP contribution in [0.5, 0.6) is 5.75 Å². The Hall–Kier alpha value is -1.36. The molecule has 0 aliphatic heterocycles. The minimum Gasteiger partial charge on any atom is -0.404 e. The van der Waals surface area contributed by atoms with Gasteiger partial charge in [0.25, 0.3) is 0 Å². The largest absolute Gasteiger partial charge is 0.527 e. The van der Waals surface area contributed by atoms with Crippen LogP contribution in [0.25, 0.3) is 0 Å². The quantitative estimate of drug-likeness (QED) is 0.782. The highest BCUT2D eigenvalue weighted by molar-refractivity contribution is 7.47. The number of carbonyl (C=O) groups is 1. The first-order chi connectivity index (χ1) is 7.93. The standard InChI is InChI=1S/C10H14NO5P/c1-8(12)11-7-9-3-5-10(6-4-9)16-17(13,14)15-2/h3-6H,7H2,1-2H3,(H,11,12)(H,13,14). The van der Waals surface area contributed by atoms with Gasteiger partial charge in [-0.15, -0.1) is 0 Å². The van der Waals surface area contributed by atoms with Crippen LogP contribution in [0.3, 0.4) is 0 Å². The number of hydrogen-bond donors (Lipinski definition) is 2. The van der Waals surface area contributed by atoms with Crippen molar-refractivity contribution in [3.63, 3.8) is 0 Å². The van der Waals surface area contributed by atoms with Gasteiger partial charge in [-0.25, -0.2) is 4.57 Å². The lowest BCUT2D eigenvalue weighted by Gasteiger charge is -2.10. The zero-order chi connectivity index (χ0) is 12.9. The minimum atomic E-state index is -4.01. The van der Waals surface area contributed by atoms with Gasteiger partial charge in [0.1, 0.15) is 5.75 Å². The first-order valence-corrected chi connectivity index (χ1v) is 6.34. The molecule has 1 rings (SSSR count). The van der Waals surface area contributed by atoms with Gasteiger partial charge in [0.15, 0.2) is 0 Å². The van der Waals surface area contributed by atoms with Crippen LogP contribution >= 0.6 is 7.82 Å². The summed E-state index contributed by atoms with van der Waals surface area (Å²) in [5.41, 5.74) is 0.859. The zero-order valence-electron chi connectivity index (χ0n) is 9.54. The van der Waals surface area contributed by atoms with Crippen LogP contribution in [0.1, 0.15) is 12.5 Å². The molecule has 0 radical (unpaired) electrons. The van der Waals surface area contributed by atoms with E-state index in [0.717, 1.165) is 12.7 Å². The van der Waals surface area contributed by atoms with Crippen molar-refractivity contribution in [1.82, 2.24) is 5.32 Å². The van der Waals surface area contributed by atoms with Gasteiger partial charge < -0.3 is 9.84 Å². The second-order valence-corrected chi connectivity index (χ2v) is 4.78. The van der Waals surface area contributed by atoms with Gasteiger partial charge >= 0.3 is 7.82 Å². The van der Waals surface area contributed by atoms with Crippen LogP contribution in [0.4, 0.5) is 0 Å². The average Bonchev–Trinajstić information content (AvgIpc) is 2.28. The summed E-state index contributed by atoms with van der Waals surface area (Å²) in [6, 6.07) is 6.42. The molecule has 0 saturated carbocycles. The van der Waals surface area contributed by atoms with E-state index in [9.17, 15) is 9.36 Å². The van der Waals surface area contributed by atoms with Crippen LogP contribution in [0.15, 0.2) is 24.3 Å². The molecule has 0 aliphatic rings. The van der Waals surface area contributed by atoms with Crippen molar-refractivity contribution < 1.29 is 23.3 Å². The van der Waals surface area contributed by atoms with E-state index in [0.29, 0.717) is 6.54 Å². The summed E-state index contributed by atoms with van der Waals surface area (Å²) in [7, 11) is -2.92. The van der Waals surface area contributed by atoms with E-state index in [-0.39, 0.29) is 11.7 Å². The van der Waals surface area contributed by atoms with Gasteiger partial charge in [0.05, 0.1) is 0 Å². The molecule has 2 N–H and O–H groups in total. The minimum absolute atomic E-state index is 0.121. The predicted octanol–water partition coefficient (Wildman–Crippen LogP) is 1.45. The SMILES string of the molecule is COP(=O)(O)Oc1ccc(CNC(C)=O)cc1. The third-order valence-corrected chi connectivity index (χ3v) is 2.82. The van der Waals surface area contributed by atoms with Crippen molar-refractivity contribution in [2.24, 2.45) is 0 Å². The average molecular weight is 259 g/mol. The Morgan fingerprint density at radius 1 is 1.41 bits per heavy atom. The summed E-state index contributed by atoms with van der Waals surface area (Å²) in [5, 5.41) is 2.63. The fraction of sp³-hybridized carbons (Fsp3) is 0.300. The molecule has 0 spiro atoms. The third kappa shape index (κ3) is 4.99. The molecular formula is C10H14NO5P. The van der Waals surface area contributed by atoms with Gasteiger partial charge in [0, 0.05) is 20.6 Å². The fourth-order valence-corrected chi connectivity index (χ4v) is 1.53. The molecule has 1 amide bonds. The Bertz CT molecular complexity index is 431. The maximum Gasteiger partial charge on any atom is 0.527 e. The van der Waals surface area contributed by atoms with Gasteiger partial charge in [-0.2, -0.15) is 0 Å². The van der Waals surface area contributed by atoms with Crippen molar-refractivity contribution in [2.75, 3.05) is 7.11 Å². The Kier molecular flexibility index (Phi) is 4.69. The normalized spacial score (nSPS) is 13.8. The summed E-state index contributed by atoms with van der Waals surface area (Å²) in [4.78, 5) is 19.8. The van der Waals surface area contributed by atoms with Crippen LogP contribution in [0.2, 0.25) is 0 Å². The summed E-state index contributed by atoms with van der Waals surface area (Å²) in [6.45, 7) is 1.83. The number of amides is 1. The van der Waals surface area contributed by atoms with Crippen LogP contribution < -0.4 is 9.84 Å². The zero-order valence-corrected chi connectivity index (χ0v) is 10.4. The molecule has 0 fully saturated rings. The molecule has 1 aromatic carbocycles. The maximum atomic E-state index is 11.1. The molecular weight excluding hydrogens is 245 g/mol. The van der Waals surface area contributed by atoms with Gasteiger partial charge in [-0.3, -0.25) is 14.2 Å². The molecule has 0 bridgehead atoms. The highest BCUT2D eigenvalue weighted by Gasteiger charge is 2.19. The molecule has 6 nitrogen and oxygen atoms in total. The van der Waals surface area contributed by atoms with Crippen molar-refractivity contribution in [1.29, 1.82) is 0 Å². The highest BCUT2D eigenvalue weighted by Crippen LogP contribution is 2.42. The molecule has 1 unspecified atom stereocenters. The second-order valence-electron chi connectivity index (χ2n) is 3.30. The van der Waals surface area contributed by atoms with Gasteiger partial charge in [-0.1, -0.05) is 12.1 Å². The van der Waals surface area contributed by atoms with Crippen LogP contribution in [-0.2, 0) is 20.4 Å². The first kappa shape index (κ1) is 13.7. The lowest BCUT2D eigenvalue weighted by atomic mass is 10.2. The van der Waals surface area contributed by atoms with Crippen LogP contribution in [-0.4, -0.2) is 17.9 Å². The molecule has 7 heteroatoms. The number of hydrogen-bond acceptors (Lipinski definition) is 4. The smallest absolute Gasteiger partial charge is 0.404 e. The topological polar surface area (TPSA) is 84.9 Å². The Morgan fingerprint density at radius 2 is 2.00 bits per heavy atom. The van der Waals surface area contributed by atoms with E-state index in [2.05, 4.69) is 9.84 Å². The Labute approximate surface area is 99.2 Å². The van der Waals surface area contributed by atoms with Crippen molar-refractivity contribution >= 4 is 13.7 Å². The van der Waals surface area contributed by atoms with Crippen molar-refractivity contribution in [3.8, 4) is 5.75 Å². The number of benzene rings is 1. The highest BCUT2D eigenvalue weighted by atomic mass is 31.2. The lowest BCUT2D eigenvalue weighted by molar-refractivity contribution is -0.119. The molecule has 1 atom stereocenters. The summed E-state index contributed by atoms with van der Waals surface area (Å²) in [5.74, 6) is 0.105. The summed E-state index contributed by atoms with van der Waals surface area (Å²) < 4.78 is 20.1. The van der Waals surface area contributed by atoms with E-state index in [1.807, 2.05) is 0 Å². The molecule has 94 valence electrons. The second kappa shape index (κ2) is 5.82. The van der Waals surface area contributed by atoms with E-state index in [1.165, 1.54) is 19.1 Å². The molecule has 0 heterocycles. The Balaban J connectivity index is 2.62. The molecule has 0 saturated heterocycles. The van der Waals surface area contributed by atoms with E-state index < -0.39 is 7.82 Å². The lowest BCUT2D eigenvalue weighted by Crippen LogP contribution is -2.18. The Morgan fingerprint density at radius 3 is 2.47 bits per heavy atom. The summed E-state index contributed by atoms with van der Waals surface area (Å²) in [6.07, 6.45) is 0. The number of carbonyl (C=O) groups excluding carboxylic acids is 1. The van der Waals surface area contributed by atoms with Crippen LogP contribution in [0, 0.1) is 0 Å². The van der Waals surface area contributed by atoms with Gasteiger partial charge in [-0.05, 0) is 17.7 Å². The number of phosphoric acid groups is 1. The summed E-state index contributed by atoms with van der Waals surface area (Å²) >= 11 is 0.